The highest BCUT2D eigenvalue weighted by molar-refractivity contribution is 7.90. The van der Waals surface area contributed by atoms with E-state index in [1.165, 1.54) is 30.7 Å². The zero-order chi connectivity index (χ0) is 18.7. The summed E-state index contributed by atoms with van der Waals surface area (Å²) in [5.41, 5.74) is 2.26. The second-order valence-electron chi connectivity index (χ2n) is 5.56. The molecular weight excluding hydrogens is 360 g/mol. The molecule has 0 spiro atoms. The van der Waals surface area contributed by atoms with E-state index in [9.17, 15) is 13.3 Å². The molecule has 3 rings (SSSR count). The highest BCUT2D eigenvalue weighted by Crippen LogP contribution is 2.34. The number of ether oxygens (including phenoxy) is 1. The number of halogens is 2. The molecule has 3 aromatic rings. The average molecular weight is 377 g/mol. The van der Waals surface area contributed by atoms with Crippen LogP contribution in [0.25, 0.3) is 22.5 Å². The van der Waals surface area contributed by atoms with Crippen LogP contribution in [-0.4, -0.2) is 39.1 Å². The highest BCUT2D eigenvalue weighted by atomic mass is 32.2. The van der Waals surface area contributed by atoms with Crippen molar-refractivity contribution in [2.24, 2.45) is 0 Å². The fourth-order valence-electron chi connectivity index (χ4n) is 2.69. The molecule has 1 aromatic carbocycles. The van der Waals surface area contributed by atoms with Crippen molar-refractivity contribution in [1.29, 1.82) is 0 Å². The van der Waals surface area contributed by atoms with E-state index in [0.717, 1.165) is 0 Å². The first-order valence-electron chi connectivity index (χ1n) is 7.82. The normalized spacial score (nSPS) is 12.3. The number of benzene rings is 1. The van der Waals surface area contributed by atoms with Gasteiger partial charge in [-0.1, -0.05) is 0 Å². The summed E-state index contributed by atoms with van der Waals surface area (Å²) in [6.45, 7) is 0.753. The summed E-state index contributed by atoms with van der Waals surface area (Å²) in [7, 11) is 1.56. The molecule has 26 heavy (non-hydrogen) atoms. The Hall–Kier alpha value is -2.29. The van der Waals surface area contributed by atoms with Gasteiger partial charge in [0.15, 0.2) is 0 Å². The van der Waals surface area contributed by atoms with Crippen LogP contribution >= 0.6 is 0 Å². The Kier molecular flexibility index (Phi) is 5.65. The predicted molar refractivity (Wildman–Crippen MR) is 95.0 cm³/mol. The SMILES string of the molecule is COCCn1c([S+](C)[O-])nc(-c2ccc(F)cc2)c1-c1ccnc(F)c1. The number of aromatic nitrogens is 3. The molecule has 5 nitrogen and oxygen atoms in total. The Labute approximate surface area is 152 Å². The van der Waals surface area contributed by atoms with Crippen LogP contribution in [0.3, 0.4) is 0 Å². The minimum absolute atomic E-state index is 0.341. The van der Waals surface area contributed by atoms with Gasteiger partial charge in [-0.15, -0.1) is 0 Å². The lowest BCUT2D eigenvalue weighted by Crippen LogP contribution is -2.13. The van der Waals surface area contributed by atoms with E-state index in [2.05, 4.69) is 9.97 Å². The molecule has 0 bridgehead atoms. The molecule has 0 saturated carbocycles. The molecule has 2 heterocycles. The van der Waals surface area contributed by atoms with E-state index in [1.807, 2.05) is 0 Å². The van der Waals surface area contributed by atoms with Gasteiger partial charge in [-0.3, -0.25) is 4.57 Å². The van der Waals surface area contributed by atoms with Gasteiger partial charge in [-0.2, -0.15) is 9.37 Å². The van der Waals surface area contributed by atoms with Crippen LogP contribution in [-0.2, 0) is 22.5 Å². The smallest absolute Gasteiger partial charge is 0.324 e. The van der Waals surface area contributed by atoms with Crippen LogP contribution in [0.1, 0.15) is 0 Å². The first-order valence-corrected chi connectivity index (χ1v) is 9.38. The van der Waals surface area contributed by atoms with Crippen LogP contribution in [0, 0.1) is 11.8 Å². The summed E-state index contributed by atoms with van der Waals surface area (Å²) < 4.78 is 46.1. The third kappa shape index (κ3) is 3.77. The number of methoxy groups -OCH3 is 1. The number of imidazole rings is 1. The molecule has 0 saturated heterocycles. The fraction of sp³-hybridized carbons (Fsp3) is 0.222. The van der Waals surface area contributed by atoms with Crippen LogP contribution < -0.4 is 0 Å². The summed E-state index contributed by atoms with van der Waals surface area (Å²) in [5, 5.41) is 0.341. The topological polar surface area (TPSA) is 63.0 Å². The molecule has 0 radical (unpaired) electrons. The molecule has 2 aromatic heterocycles. The zero-order valence-corrected chi connectivity index (χ0v) is 15.1. The lowest BCUT2D eigenvalue weighted by atomic mass is 10.1. The van der Waals surface area contributed by atoms with E-state index < -0.39 is 17.1 Å². The molecule has 136 valence electrons. The van der Waals surface area contributed by atoms with Crippen molar-refractivity contribution < 1.29 is 18.1 Å². The fourth-order valence-corrected chi connectivity index (χ4v) is 3.41. The van der Waals surface area contributed by atoms with Gasteiger partial charge in [-0.25, -0.2) is 9.37 Å². The molecule has 0 aliphatic carbocycles. The van der Waals surface area contributed by atoms with E-state index >= 15 is 0 Å². The molecule has 0 aliphatic rings. The van der Waals surface area contributed by atoms with Crippen LogP contribution in [0.5, 0.6) is 0 Å². The lowest BCUT2D eigenvalue weighted by molar-refractivity contribution is 0.185. The highest BCUT2D eigenvalue weighted by Gasteiger charge is 2.25. The molecular formula is C18H17F2N3O2S. The monoisotopic (exact) mass is 377 g/mol. The maximum absolute atomic E-state index is 13.7. The maximum Gasteiger partial charge on any atom is 0.324 e. The van der Waals surface area contributed by atoms with E-state index in [-0.39, 0.29) is 5.82 Å². The van der Waals surface area contributed by atoms with E-state index in [0.29, 0.717) is 40.8 Å². The second kappa shape index (κ2) is 7.94. The van der Waals surface area contributed by atoms with Crippen molar-refractivity contribution in [2.75, 3.05) is 20.0 Å². The standard InChI is InChI=1S/C18H17F2N3O2S/c1-25-10-9-23-17(13-7-8-21-15(20)11-13)16(22-18(23)26(2)24)12-3-5-14(19)6-4-12/h3-8,11H,9-10H2,1-2H3. The summed E-state index contributed by atoms with van der Waals surface area (Å²) in [6.07, 6.45) is 2.88. The van der Waals surface area contributed by atoms with Crippen molar-refractivity contribution in [2.45, 2.75) is 11.7 Å². The molecule has 0 N–H and O–H groups in total. The van der Waals surface area contributed by atoms with Gasteiger partial charge in [0.25, 0.3) is 0 Å². The largest absolute Gasteiger partial charge is 0.609 e. The summed E-state index contributed by atoms with van der Waals surface area (Å²) in [5.74, 6) is -1.01. The quantitative estimate of drug-likeness (QED) is 0.489. The number of hydrogen-bond acceptors (Lipinski definition) is 4. The number of rotatable bonds is 6. The van der Waals surface area contributed by atoms with Gasteiger partial charge in [0.2, 0.25) is 5.95 Å². The molecule has 1 unspecified atom stereocenters. The van der Waals surface area contributed by atoms with Crippen LogP contribution in [0.2, 0.25) is 0 Å². The van der Waals surface area contributed by atoms with Crippen molar-refractivity contribution in [3.63, 3.8) is 0 Å². The zero-order valence-electron chi connectivity index (χ0n) is 14.3. The summed E-state index contributed by atoms with van der Waals surface area (Å²) >= 11 is -1.38. The first-order chi connectivity index (χ1) is 12.5. The van der Waals surface area contributed by atoms with E-state index in [1.54, 1.807) is 29.9 Å². The van der Waals surface area contributed by atoms with Crippen molar-refractivity contribution in [3.05, 3.63) is 54.4 Å². The number of pyridine rings is 1. The van der Waals surface area contributed by atoms with Gasteiger partial charge in [0.1, 0.15) is 17.8 Å². The average Bonchev–Trinajstić information content (AvgIpc) is 3.00. The van der Waals surface area contributed by atoms with Crippen LogP contribution in [0.15, 0.2) is 47.8 Å². The van der Waals surface area contributed by atoms with Gasteiger partial charge in [-0.05, 0) is 30.3 Å². The van der Waals surface area contributed by atoms with Gasteiger partial charge >= 0.3 is 5.16 Å². The summed E-state index contributed by atoms with van der Waals surface area (Å²) in [6, 6.07) is 8.75. The van der Waals surface area contributed by atoms with Crippen LogP contribution in [0.4, 0.5) is 8.78 Å². The first kappa shape index (κ1) is 18.5. The lowest BCUT2D eigenvalue weighted by Gasteiger charge is -2.12. The van der Waals surface area contributed by atoms with Crippen molar-refractivity contribution in [1.82, 2.24) is 14.5 Å². The molecule has 0 amide bonds. The predicted octanol–water partition coefficient (Wildman–Crippen LogP) is 3.27. The van der Waals surface area contributed by atoms with Crippen molar-refractivity contribution in [3.8, 4) is 22.5 Å². The maximum atomic E-state index is 13.7. The minimum atomic E-state index is -1.38. The molecule has 0 aliphatic heterocycles. The van der Waals surface area contributed by atoms with E-state index in [4.69, 9.17) is 4.74 Å². The van der Waals surface area contributed by atoms with Gasteiger partial charge < -0.3 is 9.29 Å². The molecule has 8 heteroatoms. The Morgan fingerprint density at radius 3 is 2.50 bits per heavy atom. The van der Waals surface area contributed by atoms with Gasteiger partial charge in [0.05, 0.1) is 18.8 Å². The molecule has 0 fully saturated rings. The summed E-state index contributed by atoms with van der Waals surface area (Å²) in [4.78, 5) is 8.09. The van der Waals surface area contributed by atoms with Crippen molar-refractivity contribution >= 4 is 11.2 Å². The minimum Gasteiger partial charge on any atom is -0.609 e. The third-order valence-corrected chi connectivity index (χ3v) is 4.65. The van der Waals surface area contributed by atoms with Gasteiger partial charge in [0, 0.05) is 41.7 Å². The molecule has 1 atom stereocenters. The number of nitrogens with zero attached hydrogens (tertiary/aromatic N) is 3. The Morgan fingerprint density at radius 2 is 1.88 bits per heavy atom. The Morgan fingerprint density at radius 1 is 1.15 bits per heavy atom. The third-order valence-electron chi connectivity index (χ3n) is 3.83. The Bertz CT molecular complexity index is 898. The Balaban J connectivity index is 2.26. The number of hydrogen-bond donors (Lipinski definition) is 0. The second-order valence-corrected chi connectivity index (χ2v) is 6.84.